The molecule has 2 aromatic carbocycles. The van der Waals surface area contributed by atoms with Crippen LogP contribution in [0.4, 0.5) is 11.4 Å². The molecule has 2 amide bonds. The van der Waals surface area contributed by atoms with Crippen molar-refractivity contribution in [1.29, 1.82) is 0 Å². The van der Waals surface area contributed by atoms with Gasteiger partial charge in [0.25, 0.3) is 0 Å². The summed E-state index contributed by atoms with van der Waals surface area (Å²) < 4.78 is 0. The fourth-order valence-electron chi connectivity index (χ4n) is 2.71. The first-order valence-corrected chi connectivity index (χ1v) is 8.88. The molecule has 6 heteroatoms. The van der Waals surface area contributed by atoms with Crippen molar-refractivity contribution in [2.24, 2.45) is 5.41 Å². The van der Waals surface area contributed by atoms with Crippen LogP contribution in [0.15, 0.2) is 42.5 Å². The smallest absolute Gasteiger partial charge is 0.240 e. The first-order valence-electron chi connectivity index (χ1n) is 8.12. The normalized spacial score (nSPS) is 14.7. The van der Waals surface area contributed by atoms with Crippen LogP contribution in [0.2, 0.25) is 10.0 Å². The molecule has 0 aromatic heterocycles. The molecule has 0 aliphatic heterocycles. The lowest BCUT2D eigenvalue weighted by atomic mass is 10.0. The number of anilines is 2. The zero-order valence-corrected chi connectivity index (χ0v) is 15.2. The van der Waals surface area contributed by atoms with Crippen molar-refractivity contribution in [1.82, 2.24) is 0 Å². The predicted octanol–water partition coefficient (Wildman–Crippen LogP) is 4.91. The standard InChI is InChI=1S/C19H18Cl2N2O2/c1-2-12-5-3-4-6-15(12)22-17(24)19(9-10-19)18(25)23-16-11-13(20)7-8-14(16)21/h3-8,11H,2,9-10H2,1H3,(H,22,24)(H,23,25). The number of halogens is 2. The molecule has 25 heavy (non-hydrogen) atoms. The van der Waals surface area contributed by atoms with E-state index in [2.05, 4.69) is 10.6 Å². The Morgan fingerprint density at radius 3 is 2.28 bits per heavy atom. The molecule has 1 aliphatic carbocycles. The highest BCUT2D eigenvalue weighted by atomic mass is 35.5. The van der Waals surface area contributed by atoms with Crippen molar-refractivity contribution in [3.05, 3.63) is 58.1 Å². The van der Waals surface area contributed by atoms with Gasteiger partial charge in [-0.1, -0.05) is 48.3 Å². The Hall–Kier alpha value is -2.04. The monoisotopic (exact) mass is 376 g/mol. The summed E-state index contributed by atoms with van der Waals surface area (Å²) in [5.74, 6) is -0.646. The summed E-state index contributed by atoms with van der Waals surface area (Å²) in [5.41, 5.74) is 1.14. The minimum Gasteiger partial charge on any atom is -0.325 e. The van der Waals surface area contributed by atoms with E-state index in [0.717, 1.165) is 17.7 Å². The number of para-hydroxylation sites is 1. The number of hydrogen-bond donors (Lipinski definition) is 2. The number of carbonyl (C=O) groups is 2. The molecular formula is C19H18Cl2N2O2. The lowest BCUT2D eigenvalue weighted by Crippen LogP contribution is -2.36. The molecule has 0 unspecified atom stereocenters. The van der Waals surface area contributed by atoms with E-state index >= 15 is 0 Å². The van der Waals surface area contributed by atoms with Gasteiger partial charge in [0.2, 0.25) is 11.8 Å². The molecule has 1 saturated carbocycles. The van der Waals surface area contributed by atoms with Gasteiger partial charge >= 0.3 is 0 Å². The molecule has 3 rings (SSSR count). The molecule has 0 atom stereocenters. The maximum atomic E-state index is 12.7. The van der Waals surface area contributed by atoms with Gasteiger partial charge < -0.3 is 10.6 Å². The highest BCUT2D eigenvalue weighted by Gasteiger charge is 2.56. The van der Waals surface area contributed by atoms with Crippen LogP contribution in [0.3, 0.4) is 0 Å². The van der Waals surface area contributed by atoms with Gasteiger partial charge in [-0.15, -0.1) is 0 Å². The Labute approximate surface area is 156 Å². The lowest BCUT2D eigenvalue weighted by molar-refractivity contribution is -0.131. The van der Waals surface area contributed by atoms with Crippen LogP contribution in [-0.4, -0.2) is 11.8 Å². The average Bonchev–Trinajstić information content (AvgIpc) is 3.40. The van der Waals surface area contributed by atoms with Crippen LogP contribution in [0, 0.1) is 5.41 Å². The van der Waals surface area contributed by atoms with E-state index < -0.39 is 5.41 Å². The molecule has 0 radical (unpaired) electrons. The van der Waals surface area contributed by atoms with Gasteiger partial charge in [-0.25, -0.2) is 0 Å². The van der Waals surface area contributed by atoms with Gasteiger partial charge in [-0.05, 0) is 49.1 Å². The quantitative estimate of drug-likeness (QED) is 0.728. The highest BCUT2D eigenvalue weighted by molar-refractivity contribution is 6.36. The highest BCUT2D eigenvalue weighted by Crippen LogP contribution is 2.48. The molecule has 2 N–H and O–H groups in total. The van der Waals surface area contributed by atoms with Gasteiger partial charge in [0.1, 0.15) is 5.41 Å². The van der Waals surface area contributed by atoms with Crippen molar-refractivity contribution >= 4 is 46.4 Å². The Morgan fingerprint density at radius 1 is 1.00 bits per heavy atom. The maximum Gasteiger partial charge on any atom is 0.240 e. The minimum absolute atomic E-state index is 0.288. The lowest BCUT2D eigenvalue weighted by Gasteiger charge is -2.17. The van der Waals surface area contributed by atoms with Crippen molar-refractivity contribution in [3.63, 3.8) is 0 Å². The largest absolute Gasteiger partial charge is 0.325 e. The van der Waals surface area contributed by atoms with Gasteiger partial charge in [0.05, 0.1) is 10.7 Å². The zero-order valence-electron chi connectivity index (χ0n) is 13.7. The van der Waals surface area contributed by atoms with Crippen LogP contribution in [0.5, 0.6) is 0 Å². The average molecular weight is 377 g/mol. The summed E-state index contributed by atoms with van der Waals surface area (Å²) in [6.07, 6.45) is 1.82. The fourth-order valence-corrected chi connectivity index (χ4v) is 3.05. The van der Waals surface area contributed by atoms with Crippen molar-refractivity contribution in [2.75, 3.05) is 10.6 Å². The van der Waals surface area contributed by atoms with Crippen LogP contribution in [0.1, 0.15) is 25.3 Å². The van der Waals surface area contributed by atoms with Crippen LogP contribution >= 0.6 is 23.2 Å². The fraction of sp³-hybridized carbons (Fsp3) is 0.263. The van der Waals surface area contributed by atoms with E-state index in [0.29, 0.717) is 28.6 Å². The SMILES string of the molecule is CCc1ccccc1NC(=O)C1(C(=O)Nc2cc(Cl)ccc2Cl)CC1. The topological polar surface area (TPSA) is 58.2 Å². The van der Waals surface area contributed by atoms with E-state index in [-0.39, 0.29) is 11.8 Å². The molecule has 0 spiro atoms. The van der Waals surface area contributed by atoms with Gasteiger partial charge in [0.15, 0.2) is 0 Å². The molecule has 1 aliphatic rings. The first-order chi connectivity index (χ1) is 12.0. The molecule has 0 heterocycles. The minimum atomic E-state index is -1.05. The third kappa shape index (κ3) is 3.65. The zero-order chi connectivity index (χ0) is 18.0. The molecule has 130 valence electrons. The Morgan fingerprint density at radius 2 is 1.64 bits per heavy atom. The first kappa shape index (κ1) is 17.8. The van der Waals surface area contributed by atoms with Crippen molar-refractivity contribution in [3.8, 4) is 0 Å². The maximum absolute atomic E-state index is 12.7. The van der Waals surface area contributed by atoms with E-state index in [1.165, 1.54) is 0 Å². The number of nitrogens with one attached hydrogen (secondary N) is 2. The van der Waals surface area contributed by atoms with Gasteiger partial charge in [-0.3, -0.25) is 9.59 Å². The number of amides is 2. The van der Waals surface area contributed by atoms with E-state index in [9.17, 15) is 9.59 Å². The summed E-state index contributed by atoms with van der Waals surface area (Å²) in [6.45, 7) is 2.02. The second-order valence-electron chi connectivity index (χ2n) is 6.13. The van der Waals surface area contributed by atoms with Crippen LogP contribution < -0.4 is 10.6 Å². The Balaban J connectivity index is 1.76. The molecule has 4 nitrogen and oxygen atoms in total. The molecule has 1 fully saturated rings. The third-order valence-electron chi connectivity index (χ3n) is 4.44. The summed E-state index contributed by atoms with van der Waals surface area (Å²) in [4.78, 5) is 25.4. The number of carbonyl (C=O) groups excluding carboxylic acids is 2. The number of benzene rings is 2. The second kappa shape index (κ2) is 7.06. The summed E-state index contributed by atoms with van der Waals surface area (Å²) in [6, 6.07) is 12.4. The number of hydrogen-bond acceptors (Lipinski definition) is 2. The number of rotatable bonds is 5. The van der Waals surface area contributed by atoms with Gasteiger partial charge in [0, 0.05) is 10.7 Å². The Kier molecular flexibility index (Phi) is 5.02. The molecule has 2 aromatic rings. The molecule has 0 bridgehead atoms. The van der Waals surface area contributed by atoms with Crippen molar-refractivity contribution in [2.45, 2.75) is 26.2 Å². The summed E-state index contributed by atoms with van der Waals surface area (Å²) >= 11 is 12.0. The summed E-state index contributed by atoms with van der Waals surface area (Å²) in [7, 11) is 0. The van der Waals surface area contributed by atoms with E-state index in [1.54, 1.807) is 18.2 Å². The molecular weight excluding hydrogens is 359 g/mol. The third-order valence-corrected chi connectivity index (χ3v) is 5.01. The summed E-state index contributed by atoms with van der Waals surface area (Å²) in [5, 5.41) is 6.47. The Bertz CT molecular complexity index is 832. The van der Waals surface area contributed by atoms with Crippen molar-refractivity contribution < 1.29 is 9.59 Å². The van der Waals surface area contributed by atoms with E-state index in [1.807, 2.05) is 31.2 Å². The van der Waals surface area contributed by atoms with E-state index in [4.69, 9.17) is 23.2 Å². The number of aryl methyl sites for hydroxylation is 1. The van der Waals surface area contributed by atoms with Crippen LogP contribution in [0.25, 0.3) is 0 Å². The molecule has 0 saturated heterocycles. The predicted molar refractivity (Wildman–Crippen MR) is 101 cm³/mol. The second-order valence-corrected chi connectivity index (χ2v) is 6.97. The van der Waals surface area contributed by atoms with Crippen LogP contribution in [-0.2, 0) is 16.0 Å². The van der Waals surface area contributed by atoms with Gasteiger partial charge in [-0.2, -0.15) is 0 Å².